The summed E-state index contributed by atoms with van der Waals surface area (Å²) in [5, 5.41) is 9.53. The second-order valence-electron chi connectivity index (χ2n) is 8.15. The lowest BCUT2D eigenvalue weighted by molar-refractivity contribution is 0.0697. The molecule has 5 nitrogen and oxygen atoms in total. The third kappa shape index (κ3) is 4.39. The molecule has 1 N–H and O–H groups in total. The molecule has 0 aliphatic heterocycles. The van der Waals surface area contributed by atoms with Crippen LogP contribution in [0.4, 0.5) is 0 Å². The summed E-state index contributed by atoms with van der Waals surface area (Å²) >= 11 is 0. The van der Waals surface area contributed by atoms with Crippen LogP contribution in [0.15, 0.2) is 109 Å². The van der Waals surface area contributed by atoms with Gasteiger partial charge in [-0.3, -0.25) is 4.79 Å². The fraction of sp³-hybridized carbons (Fsp3) is 0.0333. The van der Waals surface area contributed by atoms with Crippen LogP contribution in [0.2, 0.25) is 0 Å². The molecule has 0 saturated carbocycles. The molecular formula is C30H22N2O3. The average molecular weight is 459 g/mol. The van der Waals surface area contributed by atoms with Crippen molar-refractivity contribution in [1.82, 2.24) is 9.55 Å². The molecule has 1 heterocycles. The van der Waals surface area contributed by atoms with Crippen molar-refractivity contribution in [2.75, 3.05) is 0 Å². The molecule has 0 amide bonds. The highest BCUT2D eigenvalue weighted by atomic mass is 16.4. The summed E-state index contributed by atoms with van der Waals surface area (Å²) in [5.74, 6) is -0.244. The Hall–Kier alpha value is -4.77. The van der Waals surface area contributed by atoms with E-state index in [1.165, 1.54) is 0 Å². The number of aldehydes is 1. The number of carbonyl (C=O) groups excluding carboxylic acids is 1. The minimum Gasteiger partial charge on any atom is -0.478 e. The largest absolute Gasteiger partial charge is 0.478 e. The monoisotopic (exact) mass is 458 g/mol. The number of rotatable bonds is 7. The van der Waals surface area contributed by atoms with Gasteiger partial charge in [0.2, 0.25) is 0 Å². The highest BCUT2D eigenvalue weighted by Crippen LogP contribution is 2.30. The summed E-state index contributed by atoms with van der Waals surface area (Å²) in [6.07, 6.45) is 0.860. The number of aromatic nitrogens is 2. The van der Waals surface area contributed by atoms with Crippen molar-refractivity contribution in [1.29, 1.82) is 0 Å². The minimum atomic E-state index is -0.959. The number of imidazole rings is 1. The molecular weight excluding hydrogens is 436 g/mol. The zero-order chi connectivity index (χ0) is 24.2. The van der Waals surface area contributed by atoms with Crippen LogP contribution in [-0.2, 0) is 6.54 Å². The first-order valence-electron chi connectivity index (χ1n) is 11.2. The molecule has 0 fully saturated rings. The number of carboxylic acids is 1. The fourth-order valence-electron chi connectivity index (χ4n) is 4.25. The van der Waals surface area contributed by atoms with Gasteiger partial charge in [0.05, 0.1) is 11.3 Å². The van der Waals surface area contributed by atoms with E-state index in [2.05, 4.69) is 0 Å². The first-order chi connectivity index (χ1) is 17.2. The van der Waals surface area contributed by atoms with Gasteiger partial charge in [0, 0.05) is 17.7 Å². The van der Waals surface area contributed by atoms with E-state index in [4.69, 9.17) is 4.98 Å². The van der Waals surface area contributed by atoms with Crippen molar-refractivity contribution in [3.8, 4) is 33.8 Å². The summed E-state index contributed by atoms with van der Waals surface area (Å²) in [7, 11) is 0. The highest BCUT2D eigenvalue weighted by Gasteiger charge is 2.19. The van der Waals surface area contributed by atoms with Crippen LogP contribution in [0.5, 0.6) is 0 Å². The standard InChI is InChI=1S/C30H22N2O3/c33-20-27-28(23-9-3-1-4-10-23)31-29(24-11-5-2-6-12-24)32(27)19-21-15-17-22(18-16-21)25-13-7-8-14-26(25)30(34)35/h1-18,20H,19H2,(H,34,35). The smallest absolute Gasteiger partial charge is 0.336 e. The molecule has 170 valence electrons. The lowest BCUT2D eigenvalue weighted by atomic mass is 9.98. The summed E-state index contributed by atoms with van der Waals surface area (Å²) in [6.45, 7) is 0.443. The highest BCUT2D eigenvalue weighted by molar-refractivity contribution is 5.96. The summed E-state index contributed by atoms with van der Waals surface area (Å²) in [6, 6.07) is 34.2. The Labute approximate surface area is 203 Å². The van der Waals surface area contributed by atoms with Crippen molar-refractivity contribution < 1.29 is 14.7 Å². The van der Waals surface area contributed by atoms with Crippen LogP contribution >= 0.6 is 0 Å². The number of benzene rings is 4. The second-order valence-corrected chi connectivity index (χ2v) is 8.15. The van der Waals surface area contributed by atoms with Crippen LogP contribution in [0.1, 0.15) is 26.4 Å². The molecule has 0 unspecified atom stereocenters. The van der Waals surface area contributed by atoms with Gasteiger partial charge >= 0.3 is 5.97 Å². The van der Waals surface area contributed by atoms with Crippen LogP contribution in [-0.4, -0.2) is 26.9 Å². The quantitative estimate of drug-likeness (QED) is 0.285. The molecule has 0 bridgehead atoms. The van der Waals surface area contributed by atoms with Gasteiger partial charge in [0.25, 0.3) is 0 Å². The van der Waals surface area contributed by atoms with Gasteiger partial charge < -0.3 is 9.67 Å². The molecule has 4 aromatic carbocycles. The van der Waals surface area contributed by atoms with Crippen molar-refractivity contribution in [2.45, 2.75) is 6.54 Å². The lowest BCUT2D eigenvalue weighted by Gasteiger charge is -2.12. The van der Waals surface area contributed by atoms with E-state index in [-0.39, 0.29) is 5.56 Å². The molecule has 5 aromatic rings. The number of carboxylic acid groups (broad SMARTS) is 1. The first kappa shape index (κ1) is 22.0. The summed E-state index contributed by atoms with van der Waals surface area (Å²) in [5.41, 5.74) is 5.67. The summed E-state index contributed by atoms with van der Waals surface area (Å²) < 4.78 is 1.94. The molecule has 0 aliphatic rings. The van der Waals surface area contributed by atoms with Gasteiger partial charge in [-0.15, -0.1) is 0 Å². The molecule has 0 saturated heterocycles. The van der Waals surface area contributed by atoms with E-state index in [0.29, 0.717) is 29.3 Å². The Morgan fingerprint density at radius 3 is 1.97 bits per heavy atom. The zero-order valence-corrected chi connectivity index (χ0v) is 18.8. The first-order valence-corrected chi connectivity index (χ1v) is 11.2. The van der Waals surface area contributed by atoms with Crippen molar-refractivity contribution in [3.05, 3.63) is 126 Å². The Morgan fingerprint density at radius 2 is 1.34 bits per heavy atom. The summed E-state index contributed by atoms with van der Waals surface area (Å²) in [4.78, 5) is 28.8. The maximum Gasteiger partial charge on any atom is 0.336 e. The van der Waals surface area contributed by atoms with Gasteiger partial charge in [-0.05, 0) is 22.8 Å². The van der Waals surface area contributed by atoms with Gasteiger partial charge in [-0.1, -0.05) is 103 Å². The number of carbonyl (C=O) groups is 2. The SMILES string of the molecule is O=Cc1c(-c2ccccc2)nc(-c2ccccc2)n1Cc1ccc(-c2ccccc2C(=O)O)cc1. The van der Waals surface area contributed by atoms with Gasteiger partial charge in [-0.2, -0.15) is 0 Å². The van der Waals surface area contributed by atoms with E-state index in [1.54, 1.807) is 18.2 Å². The predicted molar refractivity (Wildman–Crippen MR) is 136 cm³/mol. The van der Waals surface area contributed by atoms with E-state index in [1.807, 2.05) is 95.6 Å². The number of nitrogens with zero attached hydrogens (tertiary/aromatic N) is 2. The fourth-order valence-corrected chi connectivity index (χ4v) is 4.25. The normalized spacial score (nSPS) is 10.7. The molecule has 5 heteroatoms. The average Bonchev–Trinajstić information content (AvgIpc) is 3.28. The van der Waals surface area contributed by atoms with Gasteiger partial charge in [0.1, 0.15) is 11.5 Å². The van der Waals surface area contributed by atoms with Gasteiger partial charge in [-0.25, -0.2) is 9.78 Å². The van der Waals surface area contributed by atoms with Crippen LogP contribution in [0, 0.1) is 0 Å². The maximum atomic E-state index is 12.3. The van der Waals surface area contributed by atoms with Crippen molar-refractivity contribution >= 4 is 12.3 Å². The Balaban J connectivity index is 1.57. The maximum absolute atomic E-state index is 12.3. The molecule has 0 aliphatic carbocycles. The van der Waals surface area contributed by atoms with Crippen LogP contribution in [0.3, 0.4) is 0 Å². The minimum absolute atomic E-state index is 0.261. The number of hydrogen-bond donors (Lipinski definition) is 1. The number of aromatic carboxylic acids is 1. The molecule has 0 atom stereocenters. The van der Waals surface area contributed by atoms with Crippen LogP contribution < -0.4 is 0 Å². The van der Waals surface area contributed by atoms with E-state index in [9.17, 15) is 14.7 Å². The van der Waals surface area contributed by atoms with Crippen molar-refractivity contribution in [2.24, 2.45) is 0 Å². The topological polar surface area (TPSA) is 72.2 Å². The van der Waals surface area contributed by atoms with Crippen LogP contribution in [0.25, 0.3) is 33.8 Å². The Morgan fingerprint density at radius 1 is 0.743 bits per heavy atom. The second kappa shape index (κ2) is 9.61. The molecule has 0 radical (unpaired) electrons. The lowest BCUT2D eigenvalue weighted by Crippen LogP contribution is -2.06. The number of hydrogen-bond acceptors (Lipinski definition) is 3. The molecule has 35 heavy (non-hydrogen) atoms. The Kier molecular flexibility index (Phi) is 6.05. The molecule has 0 spiro atoms. The third-order valence-corrected chi connectivity index (χ3v) is 5.96. The molecule has 5 rings (SSSR count). The van der Waals surface area contributed by atoms with E-state index < -0.39 is 5.97 Å². The van der Waals surface area contributed by atoms with Crippen molar-refractivity contribution in [3.63, 3.8) is 0 Å². The predicted octanol–water partition coefficient (Wildman–Crippen LogP) is 6.44. The third-order valence-electron chi connectivity index (χ3n) is 5.96. The van der Waals surface area contributed by atoms with E-state index >= 15 is 0 Å². The van der Waals surface area contributed by atoms with Gasteiger partial charge in [0.15, 0.2) is 6.29 Å². The Bertz CT molecular complexity index is 1490. The zero-order valence-electron chi connectivity index (χ0n) is 18.8. The molecule has 1 aromatic heterocycles. The van der Waals surface area contributed by atoms with E-state index in [0.717, 1.165) is 28.5 Å².